The zero-order valence-corrected chi connectivity index (χ0v) is 10.7. The summed E-state index contributed by atoms with van der Waals surface area (Å²) in [4.78, 5) is 14.2. The quantitative estimate of drug-likeness (QED) is 0.410. The maximum atomic E-state index is 8.70. The van der Waals surface area contributed by atoms with Crippen molar-refractivity contribution in [1.82, 2.24) is 0 Å². The van der Waals surface area contributed by atoms with Gasteiger partial charge in [-0.2, -0.15) is 36.4 Å². The Kier molecular flexibility index (Phi) is 20.0. The summed E-state index contributed by atoms with van der Waals surface area (Å²) in [7, 11) is -2.87. The van der Waals surface area contributed by atoms with Crippen molar-refractivity contribution in [1.29, 1.82) is 0 Å². The molecule has 1 aromatic carbocycles. The van der Waals surface area contributed by atoms with Gasteiger partial charge in [0.1, 0.15) is 0 Å². The third-order valence-corrected chi connectivity index (χ3v) is 0.607. The van der Waals surface area contributed by atoms with Crippen LogP contribution in [-0.4, -0.2) is 9.79 Å². The van der Waals surface area contributed by atoms with Gasteiger partial charge in [0, 0.05) is 4.57 Å². The average Bonchev–Trinajstić information content (AvgIpc) is 1.90. The molecule has 3 nitrogen and oxygen atoms in total. The Morgan fingerprint density at radius 1 is 1.08 bits per heavy atom. The van der Waals surface area contributed by atoms with Gasteiger partial charge in [-0.15, -0.1) is 9.79 Å². The van der Waals surface area contributed by atoms with Gasteiger partial charge in [0.05, 0.1) is 0 Å². The summed E-state index contributed by atoms with van der Waals surface area (Å²) in [5.74, 6) is 0. The Morgan fingerprint density at radius 3 is 1.50 bits per heavy atom. The third-order valence-electron chi connectivity index (χ3n) is 0.607. The zero-order valence-electron chi connectivity index (χ0n) is 6.84. The van der Waals surface area contributed by atoms with Crippen molar-refractivity contribution in [2.75, 3.05) is 0 Å². The predicted octanol–water partition coefficient (Wildman–Crippen LogP) is 1.56. The van der Waals surface area contributed by atoms with Crippen LogP contribution < -0.4 is 0 Å². The Balaban J connectivity index is -0.000000124. The minimum Gasteiger partial charge on any atom is -0.358 e. The monoisotopic (exact) mass is 237 g/mol. The maximum absolute atomic E-state index is 8.70. The molecule has 0 amide bonds. The Bertz CT molecular complexity index is 151. The molecule has 0 saturated carbocycles. The molecule has 0 heterocycles. The molecular formula is C7H10O3PZn+. The second-order valence-electron chi connectivity index (χ2n) is 1.33. The van der Waals surface area contributed by atoms with E-state index < -0.39 is 8.25 Å². The van der Waals surface area contributed by atoms with Crippen LogP contribution in [0.25, 0.3) is 0 Å². The van der Waals surface area contributed by atoms with Crippen molar-refractivity contribution in [2.45, 2.75) is 0 Å². The molecule has 0 aromatic heterocycles. The molecule has 12 heavy (non-hydrogen) atoms. The fraction of sp³-hybridized carbons (Fsp3) is 0. The Hall–Kier alpha value is -0.137. The Morgan fingerprint density at radius 2 is 1.42 bits per heavy atom. The van der Waals surface area contributed by atoms with Crippen molar-refractivity contribution in [3.63, 3.8) is 0 Å². The number of hydrogen-bond acceptors (Lipinski definition) is 1. The molecule has 1 aromatic rings. The fourth-order valence-electron chi connectivity index (χ4n) is 0.342. The predicted molar refractivity (Wildman–Crippen MR) is 43.7 cm³/mol. The molecule has 0 spiro atoms. The molecule has 5 heteroatoms. The molecule has 0 unspecified atom stereocenters. The van der Waals surface area contributed by atoms with Gasteiger partial charge in [0.2, 0.25) is 0 Å². The van der Waals surface area contributed by atoms with Crippen molar-refractivity contribution >= 4 is 8.25 Å². The third kappa shape index (κ3) is 22.5. The minimum atomic E-state index is -2.87. The van der Waals surface area contributed by atoms with Crippen molar-refractivity contribution in [3.8, 4) is 0 Å². The van der Waals surface area contributed by atoms with Crippen LogP contribution in [0.15, 0.2) is 30.3 Å². The fourth-order valence-corrected chi connectivity index (χ4v) is 0.342. The van der Waals surface area contributed by atoms with Gasteiger partial charge < -0.3 is 7.43 Å². The molecule has 0 aliphatic heterocycles. The Labute approximate surface area is 86.2 Å². The second-order valence-corrected chi connectivity index (χ2v) is 1.84. The van der Waals surface area contributed by atoms with Crippen molar-refractivity contribution in [2.24, 2.45) is 0 Å². The van der Waals surface area contributed by atoms with E-state index in [4.69, 9.17) is 14.4 Å². The van der Waals surface area contributed by atoms with Crippen molar-refractivity contribution < 1.29 is 33.8 Å². The molecular weight excluding hydrogens is 228 g/mol. The van der Waals surface area contributed by atoms with Crippen LogP contribution in [0.5, 0.6) is 0 Å². The van der Waals surface area contributed by atoms with Gasteiger partial charge in [0.25, 0.3) is 0 Å². The standard InChI is InChI=1S/C6H5.CH3.HO3P.Zn/c1-2-4-6-5-3-1;;1-4(2)3;/h1-5H;1H3;(H-,1,2,3);/q2*-1;;+2/p+1. The molecule has 0 fully saturated rings. The summed E-state index contributed by atoms with van der Waals surface area (Å²) < 4.78 is 8.70. The molecule has 62 valence electrons. The molecule has 0 bridgehead atoms. The first kappa shape index (κ1) is 17.8. The number of hydrogen-bond donors (Lipinski definition) is 2. The molecule has 0 radical (unpaired) electrons. The van der Waals surface area contributed by atoms with Crippen LogP contribution in [0.1, 0.15) is 0 Å². The topological polar surface area (TPSA) is 57.5 Å². The van der Waals surface area contributed by atoms with Crippen LogP contribution >= 0.6 is 8.25 Å². The number of rotatable bonds is 0. The van der Waals surface area contributed by atoms with Gasteiger partial charge in [0.15, 0.2) is 0 Å². The molecule has 1 rings (SSSR count). The SMILES string of the molecule is O=[P+](O)O.[CH3-].[Zn+2].[c-]1ccccc1. The zero-order chi connectivity index (χ0) is 7.82. The van der Waals surface area contributed by atoms with E-state index in [1.165, 1.54) is 0 Å². The molecule has 2 N–H and O–H groups in total. The molecule has 0 aliphatic carbocycles. The van der Waals surface area contributed by atoms with Crippen LogP contribution in [0, 0.1) is 13.5 Å². The van der Waals surface area contributed by atoms with E-state index in [2.05, 4.69) is 6.07 Å². The van der Waals surface area contributed by atoms with Crippen LogP contribution in [0.4, 0.5) is 0 Å². The summed E-state index contributed by atoms with van der Waals surface area (Å²) in [5, 5.41) is 0. The van der Waals surface area contributed by atoms with Gasteiger partial charge in [-0.3, -0.25) is 0 Å². The molecule has 0 saturated heterocycles. The van der Waals surface area contributed by atoms with Crippen LogP contribution in [0.2, 0.25) is 0 Å². The minimum absolute atomic E-state index is 0. The van der Waals surface area contributed by atoms with E-state index in [0.29, 0.717) is 0 Å². The van der Waals surface area contributed by atoms with E-state index >= 15 is 0 Å². The van der Waals surface area contributed by atoms with Gasteiger partial charge in [-0.1, -0.05) is 0 Å². The van der Waals surface area contributed by atoms with E-state index in [-0.39, 0.29) is 26.9 Å². The smallest absolute Gasteiger partial charge is 0.358 e. The van der Waals surface area contributed by atoms with Gasteiger partial charge >= 0.3 is 27.7 Å². The average molecular weight is 239 g/mol. The van der Waals surface area contributed by atoms with E-state index in [0.717, 1.165) is 0 Å². The first-order valence-corrected chi connectivity index (χ1v) is 3.66. The summed E-state index contributed by atoms with van der Waals surface area (Å²) in [6.45, 7) is 0. The van der Waals surface area contributed by atoms with Crippen molar-refractivity contribution in [3.05, 3.63) is 43.8 Å². The summed E-state index contributed by atoms with van der Waals surface area (Å²) in [6, 6.07) is 12.5. The van der Waals surface area contributed by atoms with Gasteiger partial charge in [-0.25, -0.2) is 0 Å². The summed E-state index contributed by atoms with van der Waals surface area (Å²) in [6.07, 6.45) is 0. The summed E-state index contributed by atoms with van der Waals surface area (Å²) >= 11 is 0. The van der Waals surface area contributed by atoms with Crippen LogP contribution in [-0.2, 0) is 24.0 Å². The molecule has 0 atom stereocenters. The summed E-state index contributed by atoms with van der Waals surface area (Å²) in [5.41, 5.74) is 0. The van der Waals surface area contributed by atoms with E-state index in [9.17, 15) is 0 Å². The molecule has 0 aliphatic rings. The van der Waals surface area contributed by atoms with Crippen LogP contribution in [0.3, 0.4) is 0 Å². The first-order chi connectivity index (χ1) is 4.73. The van der Waals surface area contributed by atoms with Gasteiger partial charge in [-0.05, 0) is 0 Å². The normalized spacial score (nSPS) is 6.17. The second kappa shape index (κ2) is 13.5. The number of benzene rings is 1. The first-order valence-electron chi connectivity index (χ1n) is 2.49. The maximum Gasteiger partial charge on any atom is 2.00 e. The van der Waals surface area contributed by atoms with E-state index in [1.807, 2.05) is 30.3 Å². The largest absolute Gasteiger partial charge is 2.00 e. The van der Waals surface area contributed by atoms with E-state index in [1.54, 1.807) is 0 Å².